The smallest absolute Gasteiger partial charge is 0.277 e. The summed E-state index contributed by atoms with van der Waals surface area (Å²) in [6.07, 6.45) is 0. The van der Waals surface area contributed by atoms with E-state index in [1.807, 2.05) is 30.3 Å². The number of amides is 1. The minimum absolute atomic E-state index is 0.232. The van der Waals surface area contributed by atoms with Crippen LogP contribution in [0.3, 0.4) is 0 Å². The Morgan fingerprint density at radius 2 is 2.07 bits per heavy atom. The lowest BCUT2D eigenvalue weighted by Crippen LogP contribution is -2.12. The van der Waals surface area contributed by atoms with Crippen LogP contribution in [0.25, 0.3) is 0 Å². The summed E-state index contributed by atoms with van der Waals surface area (Å²) in [6.45, 7) is 0. The summed E-state index contributed by atoms with van der Waals surface area (Å²) in [4.78, 5) is 11.5. The number of carbonyl (C=O) groups excluding carboxylic acids is 1. The van der Waals surface area contributed by atoms with Gasteiger partial charge in [0.1, 0.15) is 0 Å². The number of hydrogen-bond donors (Lipinski definition) is 1. The number of rotatable bonds is 2. The van der Waals surface area contributed by atoms with Gasteiger partial charge in [-0.15, -0.1) is 5.10 Å². The second-order valence-corrected chi connectivity index (χ2v) is 3.22. The quantitative estimate of drug-likeness (QED) is 0.813. The molecule has 0 atom stereocenters. The first-order valence-corrected chi connectivity index (χ1v) is 4.83. The van der Waals surface area contributed by atoms with Gasteiger partial charge in [0.15, 0.2) is 5.69 Å². The Kier molecular flexibility index (Phi) is 2.51. The molecule has 0 saturated carbocycles. The molecule has 1 aromatic heterocycles. The zero-order valence-corrected chi connectivity index (χ0v) is 7.99. The minimum Gasteiger partial charge on any atom is -0.321 e. The van der Waals surface area contributed by atoms with Crippen molar-refractivity contribution in [3.8, 4) is 0 Å². The molecule has 4 nitrogen and oxygen atoms in total. The maximum Gasteiger partial charge on any atom is 0.277 e. The average Bonchev–Trinajstić information content (AvgIpc) is 2.72. The van der Waals surface area contributed by atoms with Crippen LogP contribution in [0.2, 0.25) is 0 Å². The Morgan fingerprint density at radius 3 is 2.71 bits per heavy atom. The number of aromatic nitrogens is 2. The van der Waals surface area contributed by atoms with E-state index < -0.39 is 0 Å². The van der Waals surface area contributed by atoms with Crippen molar-refractivity contribution in [3.05, 3.63) is 41.4 Å². The predicted molar refractivity (Wildman–Crippen MR) is 54.3 cm³/mol. The highest BCUT2D eigenvalue weighted by Gasteiger charge is 2.07. The maximum absolute atomic E-state index is 11.5. The van der Waals surface area contributed by atoms with Crippen molar-refractivity contribution in [2.24, 2.45) is 0 Å². The number of anilines is 1. The number of nitrogens with one attached hydrogen (secondary N) is 1. The van der Waals surface area contributed by atoms with E-state index in [0.29, 0.717) is 5.69 Å². The maximum atomic E-state index is 11.5. The summed E-state index contributed by atoms with van der Waals surface area (Å²) in [5.74, 6) is -0.232. The fourth-order valence-electron chi connectivity index (χ4n) is 0.980. The van der Waals surface area contributed by atoms with Crippen molar-refractivity contribution < 1.29 is 4.79 Å². The van der Waals surface area contributed by atoms with Crippen molar-refractivity contribution in [2.45, 2.75) is 0 Å². The summed E-state index contributed by atoms with van der Waals surface area (Å²) in [6, 6.07) is 9.24. The van der Waals surface area contributed by atoms with Gasteiger partial charge in [-0.3, -0.25) is 4.79 Å². The number of hydrogen-bond acceptors (Lipinski definition) is 4. The molecule has 0 aliphatic rings. The highest BCUT2D eigenvalue weighted by atomic mass is 32.1. The molecule has 0 aliphatic heterocycles. The molecule has 5 heteroatoms. The van der Waals surface area contributed by atoms with E-state index in [0.717, 1.165) is 17.2 Å². The van der Waals surface area contributed by atoms with Crippen LogP contribution in [0.4, 0.5) is 5.69 Å². The molecule has 1 heterocycles. The Bertz CT molecular complexity index is 413. The second-order valence-electron chi connectivity index (χ2n) is 2.61. The van der Waals surface area contributed by atoms with Gasteiger partial charge < -0.3 is 5.32 Å². The number of benzene rings is 1. The highest BCUT2D eigenvalue weighted by molar-refractivity contribution is 7.03. The van der Waals surface area contributed by atoms with Crippen LogP contribution in [-0.2, 0) is 0 Å². The SMILES string of the molecule is O=C(Nc1ccccc1)c1csnn1. The molecule has 14 heavy (non-hydrogen) atoms. The first-order chi connectivity index (χ1) is 6.86. The predicted octanol–water partition coefficient (Wildman–Crippen LogP) is 1.79. The molecule has 1 aromatic carbocycles. The second kappa shape index (κ2) is 3.97. The molecule has 0 unspecified atom stereocenters. The lowest BCUT2D eigenvalue weighted by Gasteiger charge is -2.00. The van der Waals surface area contributed by atoms with Gasteiger partial charge in [0.2, 0.25) is 0 Å². The van der Waals surface area contributed by atoms with Crippen LogP contribution in [0.15, 0.2) is 35.7 Å². The molecular weight excluding hydrogens is 198 g/mol. The van der Waals surface area contributed by atoms with Gasteiger partial charge in [0, 0.05) is 11.1 Å². The van der Waals surface area contributed by atoms with Crippen LogP contribution >= 0.6 is 11.5 Å². The molecular formula is C9H7N3OS. The Labute approximate surface area is 84.8 Å². The van der Waals surface area contributed by atoms with E-state index in [2.05, 4.69) is 14.9 Å². The summed E-state index contributed by atoms with van der Waals surface area (Å²) < 4.78 is 3.62. The molecule has 2 aromatic rings. The molecule has 0 fully saturated rings. The minimum atomic E-state index is -0.232. The monoisotopic (exact) mass is 205 g/mol. The van der Waals surface area contributed by atoms with Gasteiger partial charge in [-0.1, -0.05) is 22.7 Å². The molecule has 0 spiro atoms. The van der Waals surface area contributed by atoms with Crippen molar-refractivity contribution in [1.82, 2.24) is 9.59 Å². The van der Waals surface area contributed by atoms with E-state index in [1.165, 1.54) is 0 Å². The Hall–Kier alpha value is -1.75. The zero-order chi connectivity index (χ0) is 9.80. The molecule has 0 saturated heterocycles. The number of carbonyl (C=O) groups is 1. The van der Waals surface area contributed by atoms with Crippen LogP contribution in [0, 0.1) is 0 Å². The third-order valence-corrected chi connectivity index (χ3v) is 2.13. The number of para-hydroxylation sites is 1. The standard InChI is InChI=1S/C9H7N3OS/c13-9(8-6-14-12-11-8)10-7-4-2-1-3-5-7/h1-6H,(H,10,13). The Morgan fingerprint density at radius 1 is 1.29 bits per heavy atom. The average molecular weight is 205 g/mol. The van der Waals surface area contributed by atoms with E-state index in [1.54, 1.807) is 5.38 Å². The van der Waals surface area contributed by atoms with Crippen molar-refractivity contribution in [1.29, 1.82) is 0 Å². The van der Waals surface area contributed by atoms with E-state index in [-0.39, 0.29) is 5.91 Å². The van der Waals surface area contributed by atoms with Crippen molar-refractivity contribution in [3.63, 3.8) is 0 Å². The molecule has 0 bridgehead atoms. The van der Waals surface area contributed by atoms with Gasteiger partial charge in [-0.05, 0) is 23.7 Å². The Balaban J connectivity index is 2.10. The lowest BCUT2D eigenvalue weighted by atomic mass is 10.3. The largest absolute Gasteiger partial charge is 0.321 e. The van der Waals surface area contributed by atoms with Crippen LogP contribution < -0.4 is 5.32 Å². The summed E-state index contributed by atoms with van der Waals surface area (Å²) in [5.41, 5.74) is 1.10. The van der Waals surface area contributed by atoms with Crippen LogP contribution in [-0.4, -0.2) is 15.5 Å². The summed E-state index contributed by atoms with van der Waals surface area (Å²) in [7, 11) is 0. The third kappa shape index (κ3) is 1.94. The van der Waals surface area contributed by atoms with Crippen molar-refractivity contribution >= 4 is 23.1 Å². The van der Waals surface area contributed by atoms with E-state index in [4.69, 9.17) is 0 Å². The first-order valence-electron chi connectivity index (χ1n) is 4.00. The molecule has 1 amide bonds. The zero-order valence-electron chi connectivity index (χ0n) is 7.18. The lowest BCUT2D eigenvalue weighted by molar-refractivity contribution is 0.102. The van der Waals surface area contributed by atoms with Crippen molar-refractivity contribution in [2.75, 3.05) is 5.32 Å². The fraction of sp³-hybridized carbons (Fsp3) is 0. The topological polar surface area (TPSA) is 54.9 Å². The molecule has 70 valence electrons. The van der Waals surface area contributed by atoms with Gasteiger partial charge in [0.25, 0.3) is 5.91 Å². The van der Waals surface area contributed by atoms with Crippen LogP contribution in [0.1, 0.15) is 10.5 Å². The molecule has 0 radical (unpaired) electrons. The summed E-state index contributed by atoms with van der Waals surface area (Å²) in [5, 5.41) is 7.99. The fourth-order valence-corrected chi connectivity index (χ4v) is 1.42. The van der Waals surface area contributed by atoms with Gasteiger partial charge in [-0.25, -0.2) is 0 Å². The summed E-state index contributed by atoms with van der Waals surface area (Å²) >= 11 is 1.16. The molecule has 0 aliphatic carbocycles. The normalized spacial score (nSPS) is 9.71. The number of nitrogens with zero attached hydrogens (tertiary/aromatic N) is 2. The van der Waals surface area contributed by atoms with Gasteiger partial charge in [-0.2, -0.15) is 0 Å². The third-order valence-electron chi connectivity index (χ3n) is 1.62. The van der Waals surface area contributed by atoms with Gasteiger partial charge in [0.05, 0.1) is 0 Å². The molecule has 2 rings (SSSR count). The highest BCUT2D eigenvalue weighted by Crippen LogP contribution is 2.07. The van der Waals surface area contributed by atoms with Gasteiger partial charge >= 0.3 is 0 Å². The first kappa shape index (κ1) is 8.83. The van der Waals surface area contributed by atoms with E-state index >= 15 is 0 Å². The van der Waals surface area contributed by atoms with E-state index in [9.17, 15) is 4.79 Å². The molecule has 1 N–H and O–H groups in total. The van der Waals surface area contributed by atoms with Crippen LogP contribution in [0.5, 0.6) is 0 Å².